The monoisotopic (exact) mass is 187 g/mol. The molecule has 0 spiro atoms. The number of rotatable bonds is 4. The standard InChI is InChI=1S/C9H17NO3/c1-7(2)13-8(12)10-5-9(6-11)3-4-9/h7,11H,3-6H2,1-2H3,(H,10,12). The van der Waals surface area contributed by atoms with Crippen LogP contribution in [0, 0.1) is 5.41 Å². The van der Waals surface area contributed by atoms with Gasteiger partial charge in [0.2, 0.25) is 0 Å². The first-order chi connectivity index (χ1) is 6.08. The summed E-state index contributed by atoms with van der Waals surface area (Å²) < 4.78 is 4.89. The second-order valence-corrected chi connectivity index (χ2v) is 3.97. The molecule has 4 nitrogen and oxygen atoms in total. The molecule has 1 aliphatic carbocycles. The van der Waals surface area contributed by atoms with Crippen LogP contribution in [-0.2, 0) is 4.74 Å². The highest BCUT2D eigenvalue weighted by Crippen LogP contribution is 2.44. The molecule has 0 aliphatic heterocycles. The lowest BCUT2D eigenvalue weighted by molar-refractivity contribution is 0.111. The Kier molecular flexibility index (Phi) is 3.14. The molecule has 2 N–H and O–H groups in total. The molecule has 1 amide bonds. The molecule has 1 fully saturated rings. The van der Waals surface area contributed by atoms with Gasteiger partial charge < -0.3 is 15.2 Å². The molecule has 1 rings (SSSR count). The Balaban J connectivity index is 2.15. The first kappa shape index (κ1) is 10.3. The Morgan fingerprint density at radius 2 is 2.23 bits per heavy atom. The van der Waals surface area contributed by atoms with E-state index >= 15 is 0 Å². The zero-order chi connectivity index (χ0) is 9.90. The second kappa shape index (κ2) is 3.96. The van der Waals surface area contributed by atoms with Crippen LogP contribution in [-0.4, -0.2) is 30.5 Å². The number of carbonyl (C=O) groups is 1. The van der Waals surface area contributed by atoms with E-state index < -0.39 is 6.09 Å². The van der Waals surface area contributed by atoms with Crippen molar-refractivity contribution in [1.82, 2.24) is 5.32 Å². The van der Waals surface area contributed by atoms with Crippen molar-refractivity contribution >= 4 is 6.09 Å². The summed E-state index contributed by atoms with van der Waals surface area (Å²) in [7, 11) is 0. The van der Waals surface area contributed by atoms with Gasteiger partial charge in [-0.2, -0.15) is 0 Å². The van der Waals surface area contributed by atoms with E-state index in [9.17, 15) is 4.79 Å². The Morgan fingerprint density at radius 3 is 2.62 bits per heavy atom. The molecule has 0 atom stereocenters. The molecule has 0 aromatic carbocycles. The molecular weight excluding hydrogens is 170 g/mol. The van der Waals surface area contributed by atoms with Gasteiger partial charge in [0.25, 0.3) is 0 Å². The van der Waals surface area contributed by atoms with Crippen molar-refractivity contribution in [2.24, 2.45) is 5.41 Å². The smallest absolute Gasteiger partial charge is 0.407 e. The van der Waals surface area contributed by atoms with E-state index in [1.54, 1.807) is 13.8 Å². The number of alkyl carbamates (subject to hydrolysis) is 1. The Bertz CT molecular complexity index is 187. The minimum absolute atomic E-state index is 0.0456. The molecule has 0 saturated heterocycles. The van der Waals surface area contributed by atoms with Gasteiger partial charge in [0, 0.05) is 12.0 Å². The van der Waals surface area contributed by atoms with E-state index in [0.29, 0.717) is 6.54 Å². The molecule has 0 heterocycles. The lowest BCUT2D eigenvalue weighted by Crippen LogP contribution is -2.33. The summed E-state index contributed by atoms with van der Waals surface area (Å²) in [6.45, 7) is 4.28. The normalized spacial score (nSPS) is 18.5. The van der Waals surface area contributed by atoms with Gasteiger partial charge in [-0.05, 0) is 26.7 Å². The van der Waals surface area contributed by atoms with E-state index in [0.717, 1.165) is 12.8 Å². The maximum absolute atomic E-state index is 11.0. The maximum atomic E-state index is 11.0. The third-order valence-corrected chi connectivity index (χ3v) is 2.24. The van der Waals surface area contributed by atoms with Crippen molar-refractivity contribution < 1.29 is 14.6 Å². The zero-order valence-corrected chi connectivity index (χ0v) is 8.17. The van der Waals surface area contributed by atoms with Crippen LogP contribution in [0.4, 0.5) is 4.79 Å². The summed E-state index contributed by atoms with van der Waals surface area (Å²) in [5.74, 6) is 0. The first-order valence-electron chi connectivity index (χ1n) is 4.63. The van der Waals surface area contributed by atoms with E-state index in [-0.39, 0.29) is 18.1 Å². The molecule has 1 aliphatic rings. The largest absolute Gasteiger partial charge is 0.447 e. The topological polar surface area (TPSA) is 58.6 Å². The molecule has 0 bridgehead atoms. The van der Waals surface area contributed by atoms with Gasteiger partial charge in [0.15, 0.2) is 0 Å². The number of hydrogen-bond donors (Lipinski definition) is 2. The SMILES string of the molecule is CC(C)OC(=O)NCC1(CO)CC1. The molecule has 4 heteroatoms. The zero-order valence-electron chi connectivity index (χ0n) is 8.17. The summed E-state index contributed by atoms with van der Waals surface area (Å²) in [5, 5.41) is 11.6. The van der Waals surface area contributed by atoms with E-state index in [4.69, 9.17) is 9.84 Å². The predicted molar refractivity (Wildman–Crippen MR) is 48.4 cm³/mol. The quantitative estimate of drug-likeness (QED) is 0.687. The number of hydrogen-bond acceptors (Lipinski definition) is 3. The number of aliphatic hydroxyl groups excluding tert-OH is 1. The van der Waals surface area contributed by atoms with Crippen molar-refractivity contribution in [1.29, 1.82) is 0 Å². The molecule has 0 aromatic heterocycles. The van der Waals surface area contributed by atoms with Gasteiger partial charge in [-0.1, -0.05) is 0 Å². The fourth-order valence-corrected chi connectivity index (χ4v) is 1.08. The lowest BCUT2D eigenvalue weighted by Gasteiger charge is -2.14. The van der Waals surface area contributed by atoms with Crippen LogP contribution in [0.3, 0.4) is 0 Å². The van der Waals surface area contributed by atoms with Crippen LogP contribution in [0.15, 0.2) is 0 Å². The van der Waals surface area contributed by atoms with Gasteiger partial charge in [-0.15, -0.1) is 0 Å². The number of amides is 1. The third kappa shape index (κ3) is 3.22. The van der Waals surface area contributed by atoms with Crippen molar-refractivity contribution in [2.75, 3.05) is 13.2 Å². The van der Waals surface area contributed by atoms with Crippen molar-refractivity contribution in [3.63, 3.8) is 0 Å². The highest BCUT2D eigenvalue weighted by Gasteiger charge is 2.42. The van der Waals surface area contributed by atoms with Crippen LogP contribution >= 0.6 is 0 Å². The summed E-state index contributed by atoms with van der Waals surface area (Å²) in [4.78, 5) is 11.0. The van der Waals surface area contributed by atoms with Crippen LogP contribution in [0.2, 0.25) is 0 Å². The number of carbonyl (C=O) groups excluding carboxylic acids is 1. The van der Waals surface area contributed by atoms with E-state index in [2.05, 4.69) is 5.32 Å². The summed E-state index contributed by atoms with van der Waals surface area (Å²) in [5.41, 5.74) is -0.0456. The van der Waals surface area contributed by atoms with Crippen LogP contribution in [0.25, 0.3) is 0 Å². The molecule has 0 aromatic rings. The third-order valence-electron chi connectivity index (χ3n) is 2.24. The highest BCUT2D eigenvalue weighted by molar-refractivity contribution is 5.67. The second-order valence-electron chi connectivity index (χ2n) is 3.97. The summed E-state index contributed by atoms with van der Waals surface area (Å²) >= 11 is 0. The highest BCUT2D eigenvalue weighted by atomic mass is 16.6. The van der Waals surface area contributed by atoms with Gasteiger partial charge in [0.1, 0.15) is 0 Å². The molecule has 0 radical (unpaired) electrons. The predicted octanol–water partition coefficient (Wildman–Crippen LogP) is 0.893. The van der Waals surface area contributed by atoms with E-state index in [1.165, 1.54) is 0 Å². The van der Waals surface area contributed by atoms with Crippen LogP contribution in [0.1, 0.15) is 26.7 Å². The average Bonchev–Trinajstić information content (AvgIpc) is 2.80. The first-order valence-corrected chi connectivity index (χ1v) is 4.63. The van der Waals surface area contributed by atoms with Crippen LogP contribution in [0.5, 0.6) is 0 Å². The molecule has 0 unspecified atom stereocenters. The van der Waals surface area contributed by atoms with Crippen molar-refractivity contribution in [3.05, 3.63) is 0 Å². The summed E-state index contributed by atoms with van der Waals surface area (Å²) in [6, 6.07) is 0. The molecule has 76 valence electrons. The Morgan fingerprint density at radius 1 is 1.62 bits per heavy atom. The van der Waals surface area contributed by atoms with Gasteiger partial charge >= 0.3 is 6.09 Å². The van der Waals surface area contributed by atoms with E-state index in [1.807, 2.05) is 0 Å². The van der Waals surface area contributed by atoms with Crippen LogP contribution < -0.4 is 5.32 Å². The lowest BCUT2D eigenvalue weighted by atomic mass is 10.1. The number of ether oxygens (including phenoxy) is 1. The minimum atomic E-state index is -0.394. The molecule has 13 heavy (non-hydrogen) atoms. The Hall–Kier alpha value is -0.770. The van der Waals surface area contributed by atoms with Gasteiger partial charge in [-0.25, -0.2) is 4.79 Å². The maximum Gasteiger partial charge on any atom is 0.407 e. The van der Waals surface area contributed by atoms with Crippen molar-refractivity contribution in [2.45, 2.75) is 32.8 Å². The molecule has 1 saturated carbocycles. The fourth-order valence-electron chi connectivity index (χ4n) is 1.08. The summed E-state index contributed by atoms with van der Waals surface area (Å²) in [6.07, 6.45) is 1.50. The number of nitrogens with one attached hydrogen (secondary N) is 1. The van der Waals surface area contributed by atoms with Gasteiger partial charge in [0.05, 0.1) is 12.7 Å². The van der Waals surface area contributed by atoms with Crippen molar-refractivity contribution in [3.8, 4) is 0 Å². The molecular formula is C9H17NO3. The number of aliphatic hydroxyl groups is 1. The Labute approximate surface area is 78.3 Å². The average molecular weight is 187 g/mol. The minimum Gasteiger partial charge on any atom is -0.447 e. The fraction of sp³-hybridized carbons (Fsp3) is 0.889. The van der Waals surface area contributed by atoms with Gasteiger partial charge in [-0.3, -0.25) is 0 Å².